The number of amides is 3. The highest BCUT2D eigenvalue weighted by Crippen LogP contribution is 2.11. The van der Waals surface area contributed by atoms with Crippen molar-refractivity contribution in [2.24, 2.45) is 5.73 Å². The van der Waals surface area contributed by atoms with Crippen molar-refractivity contribution in [3.05, 3.63) is 30.3 Å². The van der Waals surface area contributed by atoms with Gasteiger partial charge in [-0.15, -0.1) is 0 Å². The predicted octanol–water partition coefficient (Wildman–Crippen LogP) is 0.161. The second-order valence-electron chi connectivity index (χ2n) is 3.91. The highest BCUT2D eigenvalue weighted by Gasteiger charge is 2.23. The molecule has 0 fully saturated rings. The number of nitrogens with one attached hydrogen (secondary N) is 1. The van der Waals surface area contributed by atoms with Gasteiger partial charge in [-0.1, -0.05) is 18.2 Å². The van der Waals surface area contributed by atoms with E-state index in [-0.39, 0.29) is 0 Å². The zero-order chi connectivity index (χ0) is 14.4. The number of para-hydroxylation sites is 1. The van der Waals surface area contributed by atoms with Crippen molar-refractivity contribution < 1.29 is 19.5 Å². The molecule has 102 valence electrons. The molecular weight excluding hydrogens is 250 g/mol. The Morgan fingerprint density at radius 1 is 1.32 bits per heavy atom. The molecule has 1 aromatic carbocycles. The van der Waals surface area contributed by atoms with Gasteiger partial charge in [-0.05, 0) is 12.1 Å². The molecule has 19 heavy (non-hydrogen) atoms. The number of carbonyl (C=O) groups excluding carboxylic acids is 2. The standard InChI is InChI=1S/C12H15N3O4/c1-15(8-5-3-2-4-6-8)12(19)14-9(11(17)18)7-10(13)16/h2-6,9H,7H2,1H3,(H2,13,16)(H,14,19)(H,17,18). The molecule has 0 saturated heterocycles. The van der Waals surface area contributed by atoms with Gasteiger partial charge in [0.15, 0.2) is 0 Å². The number of nitrogens with zero attached hydrogens (tertiary/aromatic N) is 1. The van der Waals surface area contributed by atoms with E-state index in [1.54, 1.807) is 30.3 Å². The number of hydrogen-bond acceptors (Lipinski definition) is 3. The molecule has 1 unspecified atom stereocenters. The first-order valence-electron chi connectivity index (χ1n) is 5.52. The van der Waals surface area contributed by atoms with Crippen LogP contribution in [0, 0.1) is 0 Å². The van der Waals surface area contributed by atoms with Crippen molar-refractivity contribution >= 4 is 23.6 Å². The summed E-state index contributed by atoms with van der Waals surface area (Å²) in [7, 11) is 1.49. The van der Waals surface area contributed by atoms with E-state index in [2.05, 4.69) is 5.32 Å². The molecule has 7 nitrogen and oxygen atoms in total. The number of carbonyl (C=O) groups is 3. The molecule has 0 aliphatic rings. The van der Waals surface area contributed by atoms with E-state index >= 15 is 0 Å². The Morgan fingerprint density at radius 2 is 1.89 bits per heavy atom. The van der Waals surface area contributed by atoms with Gasteiger partial charge in [-0.2, -0.15) is 0 Å². The summed E-state index contributed by atoms with van der Waals surface area (Å²) >= 11 is 0. The highest BCUT2D eigenvalue weighted by atomic mass is 16.4. The van der Waals surface area contributed by atoms with Gasteiger partial charge in [0.1, 0.15) is 6.04 Å². The molecule has 0 aromatic heterocycles. The van der Waals surface area contributed by atoms with Crippen LogP contribution in [0.4, 0.5) is 10.5 Å². The fourth-order valence-corrected chi connectivity index (χ4v) is 1.42. The van der Waals surface area contributed by atoms with Gasteiger partial charge in [-0.25, -0.2) is 9.59 Å². The van der Waals surface area contributed by atoms with Gasteiger partial charge in [0, 0.05) is 12.7 Å². The molecule has 4 N–H and O–H groups in total. The Morgan fingerprint density at radius 3 is 2.37 bits per heavy atom. The molecule has 0 heterocycles. The third-order valence-corrected chi connectivity index (χ3v) is 2.45. The zero-order valence-corrected chi connectivity index (χ0v) is 10.4. The number of carboxylic acid groups (broad SMARTS) is 1. The molecule has 1 rings (SSSR count). The number of aliphatic carboxylic acids is 1. The Kier molecular flexibility index (Phi) is 4.87. The Labute approximate surface area is 110 Å². The van der Waals surface area contributed by atoms with Crippen LogP contribution < -0.4 is 16.0 Å². The number of benzene rings is 1. The van der Waals surface area contributed by atoms with E-state index < -0.39 is 30.4 Å². The summed E-state index contributed by atoms with van der Waals surface area (Å²) in [5.74, 6) is -2.11. The first-order chi connectivity index (χ1) is 8.91. The van der Waals surface area contributed by atoms with Crippen LogP contribution in [-0.2, 0) is 9.59 Å². The smallest absolute Gasteiger partial charge is 0.326 e. The normalized spacial score (nSPS) is 11.4. The summed E-state index contributed by atoms with van der Waals surface area (Å²) in [5.41, 5.74) is 5.53. The SMILES string of the molecule is CN(C(=O)NC(CC(N)=O)C(=O)O)c1ccccc1. The number of primary amides is 1. The van der Waals surface area contributed by atoms with E-state index in [1.807, 2.05) is 0 Å². The van der Waals surface area contributed by atoms with Crippen molar-refractivity contribution in [2.75, 3.05) is 11.9 Å². The molecule has 0 spiro atoms. The van der Waals surface area contributed by atoms with Gasteiger partial charge in [0.25, 0.3) is 0 Å². The highest BCUT2D eigenvalue weighted by molar-refractivity contribution is 5.95. The number of urea groups is 1. The quantitative estimate of drug-likeness (QED) is 0.703. The molecule has 0 radical (unpaired) electrons. The molecule has 0 saturated carbocycles. The average molecular weight is 265 g/mol. The maximum atomic E-state index is 11.8. The molecule has 7 heteroatoms. The van der Waals surface area contributed by atoms with Gasteiger partial charge in [-0.3, -0.25) is 9.69 Å². The van der Waals surface area contributed by atoms with Crippen LogP contribution in [0.15, 0.2) is 30.3 Å². The topological polar surface area (TPSA) is 113 Å². The van der Waals surface area contributed by atoms with Crippen molar-refractivity contribution in [3.8, 4) is 0 Å². The van der Waals surface area contributed by atoms with Gasteiger partial charge in [0.2, 0.25) is 5.91 Å². The van der Waals surface area contributed by atoms with Crippen LogP contribution in [0.25, 0.3) is 0 Å². The number of hydrogen-bond donors (Lipinski definition) is 3. The van der Waals surface area contributed by atoms with E-state index in [4.69, 9.17) is 10.8 Å². The van der Waals surface area contributed by atoms with Crippen molar-refractivity contribution in [1.82, 2.24) is 5.32 Å². The van der Waals surface area contributed by atoms with E-state index in [9.17, 15) is 14.4 Å². The molecule has 0 bridgehead atoms. The van der Waals surface area contributed by atoms with E-state index in [0.29, 0.717) is 5.69 Å². The monoisotopic (exact) mass is 265 g/mol. The summed E-state index contributed by atoms with van der Waals surface area (Å²) in [6.45, 7) is 0. The number of nitrogens with two attached hydrogens (primary N) is 1. The van der Waals surface area contributed by atoms with Crippen molar-refractivity contribution in [3.63, 3.8) is 0 Å². The Bertz CT molecular complexity index is 475. The van der Waals surface area contributed by atoms with E-state index in [0.717, 1.165) is 0 Å². The van der Waals surface area contributed by atoms with Gasteiger partial charge >= 0.3 is 12.0 Å². The number of carboxylic acids is 1. The van der Waals surface area contributed by atoms with Gasteiger partial charge < -0.3 is 16.2 Å². The van der Waals surface area contributed by atoms with Crippen LogP contribution in [0.2, 0.25) is 0 Å². The van der Waals surface area contributed by atoms with Crippen LogP contribution in [0.1, 0.15) is 6.42 Å². The number of anilines is 1. The van der Waals surface area contributed by atoms with Crippen LogP contribution in [0.3, 0.4) is 0 Å². The lowest BCUT2D eigenvalue weighted by atomic mass is 10.2. The lowest BCUT2D eigenvalue weighted by Gasteiger charge is -2.20. The third kappa shape index (κ3) is 4.30. The summed E-state index contributed by atoms with van der Waals surface area (Å²) in [6, 6.07) is 6.72. The third-order valence-electron chi connectivity index (χ3n) is 2.45. The van der Waals surface area contributed by atoms with Crippen LogP contribution >= 0.6 is 0 Å². The maximum Gasteiger partial charge on any atom is 0.326 e. The maximum absolute atomic E-state index is 11.8. The molecular formula is C12H15N3O4. The average Bonchev–Trinajstić information content (AvgIpc) is 2.37. The zero-order valence-electron chi connectivity index (χ0n) is 10.4. The summed E-state index contributed by atoms with van der Waals surface area (Å²) < 4.78 is 0. The lowest BCUT2D eigenvalue weighted by molar-refractivity contribution is -0.140. The minimum absolute atomic E-state index is 0.455. The van der Waals surface area contributed by atoms with Crippen molar-refractivity contribution in [1.29, 1.82) is 0 Å². The Hall–Kier alpha value is -2.57. The van der Waals surface area contributed by atoms with Gasteiger partial charge in [0.05, 0.1) is 6.42 Å². The number of rotatable bonds is 5. The van der Waals surface area contributed by atoms with E-state index in [1.165, 1.54) is 11.9 Å². The van der Waals surface area contributed by atoms with Crippen LogP contribution in [-0.4, -0.2) is 36.1 Å². The Balaban J connectivity index is 2.72. The van der Waals surface area contributed by atoms with Crippen LogP contribution in [0.5, 0.6) is 0 Å². The second kappa shape index (κ2) is 6.39. The molecule has 1 aromatic rings. The minimum atomic E-state index is -1.34. The first-order valence-corrected chi connectivity index (χ1v) is 5.52. The second-order valence-corrected chi connectivity index (χ2v) is 3.91. The van der Waals surface area contributed by atoms with Crippen molar-refractivity contribution in [2.45, 2.75) is 12.5 Å². The predicted molar refractivity (Wildman–Crippen MR) is 68.6 cm³/mol. The largest absolute Gasteiger partial charge is 0.480 e. The fraction of sp³-hybridized carbons (Fsp3) is 0.250. The molecule has 0 aliphatic carbocycles. The first kappa shape index (κ1) is 14.5. The molecule has 1 atom stereocenters. The fourth-order valence-electron chi connectivity index (χ4n) is 1.42. The summed E-state index contributed by atoms with van der Waals surface area (Å²) in [6.07, 6.45) is -0.455. The minimum Gasteiger partial charge on any atom is -0.480 e. The summed E-state index contributed by atoms with van der Waals surface area (Å²) in [5, 5.41) is 11.1. The molecule has 0 aliphatic heterocycles. The summed E-state index contributed by atoms with van der Waals surface area (Å²) in [4.78, 5) is 34.7. The molecule has 3 amide bonds. The lowest BCUT2D eigenvalue weighted by Crippen LogP contribution is -2.48.